The minimum Gasteiger partial charge on any atom is -0.479 e. The van der Waals surface area contributed by atoms with E-state index in [1.54, 1.807) is 12.1 Å². The lowest BCUT2D eigenvalue weighted by Gasteiger charge is -2.14. The molecule has 6 nitrogen and oxygen atoms in total. The zero-order valence-corrected chi connectivity index (χ0v) is 15.2. The second-order valence-electron chi connectivity index (χ2n) is 5.98. The number of ether oxygens (including phenoxy) is 2. The van der Waals surface area contributed by atoms with Gasteiger partial charge in [0.25, 0.3) is 0 Å². The Hall–Kier alpha value is -3.22. The van der Waals surface area contributed by atoms with Crippen LogP contribution >= 0.6 is 0 Å². The number of amides is 1. The van der Waals surface area contributed by atoms with Gasteiger partial charge < -0.3 is 14.8 Å². The van der Waals surface area contributed by atoms with Crippen molar-refractivity contribution < 1.29 is 28.2 Å². The second kappa shape index (κ2) is 8.93. The van der Waals surface area contributed by atoms with Crippen LogP contribution in [0.2, 0.25) is 0 Å². The number of benzene rings is 2. The molecule has 0 saturated carbocycles. The molecule has 1 atom stereocenters. The van der Waals surface area contributed by atoms with Crippen LogP contribution in [0.1, 0.15) is 29.8 Å². The van der Waals surface area contributed by atoms with Crippen LogP contribution in [0.3, 0.4) is 0 Å². The zero-order valence-electron chi connectivity index (χ0n) is 15.2. The Morgan fingerprint density at radius 3 is 2.37 bits per heavy atom. The van der Waals surface area contributed by atoms with Gasteiger partial charge in [0.15, 0.2) is 12.7 Å². The molecule has 0 radical (unpaired) electrons. The first-order chi connectivity index (χ1) is 12.8. The van der Waals surface area contributed by atoms with Crippen LogP contribution in [0.5, 0.6) is 5.75 Å². The third kappa shape index (κ3) is 5.91. The monoisotopic (exact) mass is 373 g/mol. The molecule has 0 aliphatic heterocycles. The number of carbonyl (C=O) groups excluding carboxylic acids is 3. The third-order valence-corrected chi connectivity index (χ3v) is 3.60. The Kier molecular flexibility index (Phi) is 6.65. The molecule has 0 spiro atoms. The molecule has 0 aliphatic carbocycles. The molecule has 1 N–H and O–H groups in total. The van der Waals surface area contributed by atoms with Gasteiger partial charge in [-0.05, 0) is 44.2 Å². The molecule has 2 aromatic carbocycles. The van der Waals surface area contributed by atoms with Crippen molar-refractivity contribution in [1.29, 1.82) is 0 Å². The summed E-state index contributed by atoms with van der Waals surface area (Å²) < 4.78 is 24.4. The first-order valence-electron chi connectivity index (χ1n) is 8.26. The summed E-state index contributed by atoms with van der Waals surface area (Å²) >= 11 is 0. The quantitative estimate of drug-likeness (QED) is 0.595. The largest absolute Gasteiger partial charge is 0.479 e. The molecule has 142 valence electrons. The van der Waals surface area contributed by atoms with Crippen molar-refractivity contribution in [2.24, 2.45) is 0 Å². The van der Waals surface area contributed by atoms with Crippen LogP contribution in [-0.2, 0) is 14.3 Å². The van der Waals surface area contributed by atoms with Gasteiger partial charge in [-0.1, -0.05) is 17.7 Å². The van der Waals surface area contributed by atoms with Crippen molar-refractivity contribution in [3.63, 3.8) is 0 Å². The van der Waals surface area contributed by atoms with Crippen LogP contribution in [0.15, 0.2) is 42.5 Å². The van der Waals surface area contributed by atoms with Crippen molar-refractivity contribution >= 4 is 23.3 Å². The normalized spacial score (nSPS) is 11.4. The lowest BCUT2D eigenvalue weighted by atomic mass is 10.1. The number of nitrogens with one attached hydrogen (secondary N) is 1. The van der Waals surface area contributed by atoms with E-state index < -0.39 is 30.3 Å². The van der Waals surface area contributed by atoms with E-state index in [2.05, 4.69) is 5.32 Å². The predicted molar refractivity (Wildman–Crippen MR) is 97.3 cm³/mol. The molecule has 0 aromatic heterocycles. The molecule has 1 amide bonds. The fourth-order valence-electron chi connectivity index (χ4n) is 2.22. The average molecular weight is 373 g/mol. The number of halogens is 1. The summed E-state index contributed by atoms with van der Waals surface area (Å²) in [6.07, 6.45) is -0.924. The fourth-order valence-corrected chi connectivity index (χ4v) is 2.22. The van der Waals surface area contributed by atoms with E-state index in [-0.39, 0.29) is 17.2 Å². The van der Waals surface area contributed by atoms with Crippen LogP contribution < -0.4 is 10.1 Å². The Labute approximate surface area is 156 Å². The SMILES string of the molecule is CC(=O)Nc1ccc(C(=O)COC(=O)C(C)Oc2ccc(C)cc2)c(F)c1. The topological polar surface area (TPSA) is 81.7 Å². The highest BCUT2D eigenvalue weighted by Gasteiger charge is 2.20. The Morgan fingerprint density at radius 2 is 1.78 bits per heavy atom. The highest BCUT2D eigenvalue weighted by molar-refractivity contribution is 5.99. The minimum atomic E-state index is -0.924. The standard InChI is InChI=1S/C20H20FNO5/c1-12-4-7-16(8-5-12)27-13(2)20(25)26-11-19(24)17-9-6-15(10-18(17)21)22-14(3)23/h4-10,13H,11H2,1-3H3,(H,22,23). The first kappa shape index (κ1) is 20.1. The summed E-state index contributed by atoms with van der Waals surface area (Å²) in [5, 5.41) is 2.41. The smallest absolute Gasteiger partial charge is 0.347 e. The van der Waals surface area contributed by atoms with E-state index in [9.17, 15) is 18.8 Å². The van der Waals surface area contributed by atoms with Crippen molar-refractivity contribution in [2.45, 2.75) is 26.9 Å². The number of aryl methyl sites for hydroxylation is 1. The molecular formula is C20H20FNO5. The maximum atomic E-state index is 14.0. The minimum absolute atomic E-state index is 0.230. The number of ketones is 1. The van der Waals surface area contributed by atoms with Gasteiger partial charge >= 0.3 is 5.97 Å². The summed E-state index contributed by atoms with van der Waals surface area (Å²) in [5.41, 5.74) is 1.05. The van der Waals surface area contributed by atoms with Gasteiger partial charge in [-0.3, -0.25) is 9.59 Å². The molecule has 2 rings (SSSR count). The highest BCUT2D eigenvalue weighted by atomic mass is 19.1. The summed E-state index contributed by atoms with van der Waals surface area (Å²) in [5.74, 6) is -2.11. The van der Waals surface area contributed by atoms with Crippen molar-refractivity contribution in [1.82, 2.24) is 0 Å². The number of carbonyl (C=O) groups is 3. The first-order valence-corrected chi connectivity index (χ1v) is 8.26. The summed E-state index contributed by atoms with van der Waals surface area (Å²) in [7, 11) is 0. The number of esters is 1. The molecular weight excluding hydrogens is 353 g/mol. The lowest BCUT2D eigenvalue weighted by molar-refractivity contribution is -0.149. The molecule has 7 heteroatoms. The number of anilines is 1. The maximum Gasteiger partial charge on any atom is 0.347 e. The highest BCUT2D eigenvalue weighted by Crippen LogP contribution is 2.16. The van der Waals surface area contributed by atoms with Crippen molar-refractivity contribution in [3.8, 4) is 5.75 Å². The second-order valence-corrected chi connectivity index (χ2v) is 5.98. The maximum absolute atomic E-state index is 14.0. The van der Waals surface area contributed by atoms with Gasteiger partial charge in [0.1, 0.15) is 11.6 Å². The van der Waals surface area contributed by atoms with E-state index in [1.807, 2.05) is 19.1 Å². The van der Waals surface area contributed by atoms with E-state index in [1.165, 1.54) is 26.0 Å². The van der Waals surface area contributed by atoms with Gasteiger partial charge in [0, 0.05) is 12.6 Å². The third-order valence-electron chi connectivity index (χ3n) is 3.60. The van der Waals surface area contributed by atoms with E-state index in [0.29, 0.717) is 5.75 Å². The van der Waals surface area contributed by atoms with Gasteiger partial charge in [0.2, 0.25) is 11.7 Å². The average Bonchev–Trinajstić information content (AvgIpc) is 2.60. The number of rotatable bonds is 7. The van der Waals surface area contributed by atoms with Gasteiger partial charge in [-0.15, -0.1) is 0 Å². The Bertz CT molecular complexity index is 848. The van der Waals surface area contributed by atoms with E-state index >= 15 is 0 Å². The summed E-state index contributed by atoms with van der Waals surface area (Å²) in [4.78, 5) is 35.0. The molecule has 27 heavy (non-hydrogen) atoms. The van der Waals surface area contributed by atoms with Crippen LogP contribution in [0.25, 0.3) is 0 Å². The molecule has 1 unspecified atom stereocenters. The van der Waals surface area contributed by atoms with E-state index in [0.717, 1.165) is 11.6 Å². The molecule has 2 aromatic rings. The van der Waals surface area contributed by atoms with Crippen molar-refractivity contribution in [2.75, 3.05) is 11.9 Å². The van der Waals surface area contributed by atoms with Crippen LogP contribution in [-0.4, -0.2) is 30.4 Å². The number of Topliss-reactive ketones (excluding diaryl/α,β-unsaturated/α-hetero) is 1. The molecule has 0 bridgehead atoms. The van der Waals surface area contributed by atoms with Gasteiger partial charge in [-0.25, -0.2) is 9.18 Å². The molecule has 0 aliphatic rings. The van der Waals surface area contributed by atoms with E-state index in [4.69, 9.17) is 9.47 Å². The summed E-state index contributed by atoms with van der Waals surface area (Å²) in [6, 6.07) is 10.8. The predicted octanol–water partition coefficient (Wildman–Crippen LogP) is 3.29. The Morgan fingerprint density at radius 1 is 1.11 bits per heavy atom. The molecule has 0 fully saturated rings. The van der Waals surface area contributed by atoms with Crippen LogP contribution in [0, 0.1) is 12.7 Å². The molecule has 0 heterocycles. The number of hydrogen-bond donors (Lipinski definition) is 1. The summed E-state index contributed by atoms with van der Waals surface area (Å²) in [6.45, 7) is 4.09. The Balaban J connectivity index is 1.91. The lowest BCUT2D eigenvalue weighted by Crippen LogP contribution is -2.28. The number of hydrogen-bond acceptors (Lipinski definition) is 5. The molecule has 0 saturated heterocycles. The fraction of sp³-hybridized carbons (Fsp3) is 0.250. The van der Waals surface area contributed by atoms with Gasteiger partial charge in [-0.2, -0.15) is 0 Å². The zero-order chi connectivity index (χ0) is 20.0. The van der Waals surface area contributed by atoms with Crippen LogP contribution in [0.4, 0.5) is 10.1 Å². The van der Waals surface area contributed by atoms with Gasteiger partial charge in [0.05, 0.1) is 5.56 Å². The van der Waals surface area contributed by atoms with Crippen molar-refractivity contribution in [3.05, 3.63) is 59.4 Å².